The Hall–Kier alpha value is -0.630. The van der Waals surface area contributed by atoms with Crippen LogP contribution in [0.3, 0.4) is 0 Å². The minimum Gasteiger partial charge on any atom is -0.383 e. The molecule has 8 heteroatoms. The van der Waals surface area contributed by atoms with Gasteiger partial charge >= 0.3 is 0 Å². The molecule has 0 bridgehead atoms. The van der Waals surface area contributed by atoms with E-state index in [4.69, 9.17) is 15.4 Å². The maximum Gasteiger partial charge on any atom is 0.270 e. The van der Waals surface area contributed by atoms with Crippen molar-refractivity contribution in [3.63, 3.8) is 0 Å². The number of amides is 1. The zero-order valence-electron chi connectivity index (χ0n) is 11.6. The lowest BCUT2D eigenvalue weighted by Gasteiger charge is -2.27. The van der Waals surface area contributed by atoms with Crippen molar-refractivity contribution in [1.82, 2.24) is 4.90 Å². The van der Waals surface area contributed by atoms with Gasteiger partial charge in [0.1, 0.15) is 4.21 Å². The Morgan fingerprint density at radius 3 is 2.60 bits per heavy atom. The van der Waals surface area contributed by atoms with Crippen molar-refractivity contribution >= 4 is 37.0 Å². The molecule has 0 aliphatic rings. The number of rotatable bonds is 7. The average Bonchev–Trinajstić information content (AvgIpc) is 2.78. The fourth-order valence-corrected chi connectivity index (χ4v) is 4.01. The summed E-state index contributed by atoms with van der Waals surface area (Å²) in [5.74, 6) is -0.0579. The van der Waals surface area contributed by atoms with Gasteiger partial charge < -0.3 is 9.64 Å². The summed E-state index contributed by atoms with van der Waals surface area (Å²) in [6, 6.07) is 3.02. The van der Waals surface area contributed by atoms with Gasteiger partial charge in [-0.1, -0.05) is 0 Å². The molecule has 1 heterocycles. The summed E-state index contributed by atoms with van der Waals surface area (Å²) >= 11 is 1.02. The van der Waals surface area contributed by atoms with E-state index in [0.717, 1.165) is 11.3 Å². The summed E-state index contributed by atoms with van der Waals surface area (Å²) < 4.78 is 27.5. The number of ether oxygens (including phenoxy) is 1. The largest absolute Gasteiger partial charge is 0.383 e. The topological polar surface area (TPSA) is 63.7 Å². The van der Waals surface area contributed by atoms with Gasteiger partial charge in [-0.15, -0.1) is 11.3 Å². The predicted octanol–water partition coefficient (Wildman–Crippen LogP) is 2.10. The van der Waals surface area contributed by atoms with E-state index >= 15 is 0 Å². The van der Waals surface area contributed by atoms with Gasteiger partial charge in [-0.3, -0.25) is 4.79 Å². The van der Waals surface area contributed by atoms with Crippen LogP contribution in [0.15, 0.2) is 16.3 Å². The van der Waals surface area contributed by atoms with Crippen molar-refractivity contribution in [3.8, 4) is 0 Å². The van der Waals surface area contributed by atoms with Crippen molar-refractivity contribution < 1.29 is 17.9 Å². The normalized spacial score (nSPS) is 13.2. The fraction of sp³-hybridized carbons (Fsp3) is 0.583. The standard InChI is InChI=1S/C12H18ClNO4S2/c1-4-14(9(2)8-18-3)11(15)7-10-5-6-12(19-10)20(13,16)17/h5-6,9H,4,7-8H2,1-3H3. The highest BCUT2D eigenvalue weighted by Gasteiger charge is 2.20. The van der Waals surface area contributed by atoms with Crippen LogP contribution in [-0.4, -0.2) is 45.5 Å². The van der Waals surface area contributed by atoms with E-state index in [1.54, 1.807) is 18.1 Å². The molecule has 0 N–H and O–H groups in total. The van der Waals surface area contributed by atoms with Crippen LogP contribution in [-0.2, 0) is 25.0 Å². The van der Waals surface area contributed by atoms with Crippen LogP contribution in [0.4, 0.5) is 0 Å². The Labute approximate surface area is 127 Å². The third kappa shape index (κ3) is 4.73. The molecular formula is C12H18ClNO4S2. The molecule has 114 valence electrons. The van der Waals surface area contributed by atoms with E-state index in [2.05, 4.69) is 0 Å². The number of nitrogens with zero attached hydrogens (tertiary/aromatic N) is 1. The van der Waals surface area contributed by atoms with Gasteiger partial charge in [-0.05, 0) is 26.0 Å². The molecule has 0 saturated heterocycles. The van der Waals surface area contributed by atoms with Gasteiger partial charge in [-0.2, -0.15) is 0 Å². The van der Waals surface area contributed by atoms with Gasteiger partial charge in [0, 0.05) is 29.2 Å². The first kappa shape index (κ1) is 17.4. The molecule has 1 rings (SSSR count). The smallest absolute Gasteiger partial charge is 0.270 e. The van der Waals surface area contributed by atoms with Gasteiger partial charge in [0.05, 0.1) is 19.1 Å². The molecular weight excluding hydrogens is 322 g/mol. The van der Waals surface area contributed by atoms with Gasteiger partial charge in [0.15, 0.2) is 0 Å². The number of hydrogen-bond donors (Lipinski definition) is 0. The summed E-state index contributed by atoms with van der Waals surface area (Å²) in [6.45, 7) is 4.85. The zero-order valence-corrected chi connectivity index (χ0v) is 14.0. The van der Waals surface area contributed by atoms with Crippen molar-refractivity contribution in [2.24, 2.45) is 0 Å². The molecule has 0 aliphatic heterocycles. The zero-order chi connectivity index (χ0) is 15.3. The summed E-state index contributed by atoms with van der Waals surface area (Å²) in [7, 11) is 3.13. The number of methoxy groups -OCH3 is 1. The van der Waals surface area contributed by atoms with E-state index < -0.39 is 9.05 Å². The second kappa shape index (κ2) is 7.40. The highest BCUT2D eigenvalue weighted by atomic mass is 35.7. The summed E-state index contributed by atoms with van der Waals surface area (Å²) in [6.07, 6.45) is 0.166. The monoisotopic (exact) mass is 339 g/mol. The number of carbonyl (C=O) groups is 1. The van der Waals surface area contributed by atoms with E-state index in [1.165, 1.54) is 6.07 Å². The SMILES string of the molecule is CCN(C(=O)Cc1ccc(S(=O)(=O)Cl)s1)C(C)COC. The third-order valence-corrected chi connectivity index (χ3v) is 5.98. The van der Waals surface area contributed by atoms with Crippen LogP contribution in [0.25, 0.3) is 0 Å². The first-order chi connectivity index (χ1) is 9.29. The lowest BCUT2D eigenvalue weighted by Crippen LogP contribution is -2.41. The first-order valence-corrected chi connectivity index (χ1v) is 9.24. The second-order valence-electron chi connectivity index (χ2n) is 4.32. The molecule has 0 aliphatic carbocycles. The molecule has 0 spiro atoms. The quantitative estimate of drug-likeness (QED) is 0.714. The van der Waals surface area contributed by atoms with Crippen LogP contribution in [0.2, 0.25) is 0 Å². The minimum absolute atomic E-state index is 0.0197. The van der Waals surface area contributed by atoms with Crippen LogP contribution in [0.5, 0.6) is 0 Å². The third-order valence-electron chi connectivity index (χ3n) is 2.80. The molecule has 0 radical (unpaired) electrons. The summed E-state index contributed by atoms with van der Waals surface area (Å²) in [5, 5.41) is 0. The van der Waals surface area contributed by atoms with Crippen LogP contribution in [0, 0.1) is 0 Å². The Kier molecular flexibility index (Phi) is 6.44. The molecule has 1 atom stereocenters. The number of likely N-dealkylation sites (N-methyl/N-ethyl adjacent to an activating group) is 1. The predicted molar refractivity (Wildman–Crippen MR) is 79.8 cm³/mol. The van der Waals surface area contributed by atoms with Crippen LogP contribution < -0.4 is 0 Å². The highest BCUT2D eigenvalue weighted by molar-refractivity contribution is 8.15. The first-order valence-electron chi connectivity index (χ1n) is 6.11. The highest BCUT2D eigenvalue weighted by Crippen LogP contribution is 2.25. The molecule has 1 unspecified atom stereocenters. The Morgan fingerprint density at radius 2 is 2.15 bits per heavy atom. The summed E-state index contributed by atoms with van der Waals surface area (Å²) in [4.78, 5) is 14.6. The van der Waals surface area contributed by atoms with E-state index in [9.17, 15) is 13.2 Å². The number of hydrogen-bond acceptors (Lipinski definition) is 5. The van der Waals surface area contributed by atoms with Gasteiger partial charge in [0.25, 0.3) is 9.05 Å². The van der Waals surface area contributed by atoms with E-state index in [-0.39, 0.29) is 22.6 Å². The fourth-order valence-electron chi connectivity index (χ4n) is 1.90. The van der Waals surface area contributed by atoms with E-state index in [0.29, 0.717) is 18.0 Å². The minimum atomic E-state index is -3.72. The Morgan fingerprint density at radius 1 is 1.50 bits per heavy atom. The van der Waals surface area contributed by atoms with Crippen molar-refractivity contribution in [2.45, 2.75) is 30.5 Å². The molecule has 1 aromatic rings. The van der Waals surface area contributed by atoms with Crippen molar-refractivity contribution in [3.05, 3.63) is 17.0 Å². The molecule has 20 heavy (non-hydrogen) atoms. The maximum atomic E-state index is 12.2. The van der Waals surface area contributed by atoms with Crippen molar-refractivity contribution in [1.29, 1.82) is 0 Å². The second-order valence-corrected chi connectivity index (χ2v) is 8.28. The molecule has 5 nitrogen and oxygen atoms in total. The molecule has 1 amide bonds. The van der Waals surface area contributed by atoms with E-state index in [1.807, 2.05) is 13.8 Å². The van der Waals surface area contributed by atoms with Crippen LogP contribution >= 0.6 is 22.0 Å². The Bertz CT molecular complexity index is 556. The summed E-state index contributed by atoms with van der Waals surface area (Å²) in [5.41, 5.74) is 0. The molecule has 0 saturated carbocycles. The molecule has 1 aromatic heterocycles. The number of halogens is 1. The van der Waals surface area contributed by atoms with Gasteiger partial charge in [-0.25, -0.2) is 8.42 Å². The lowest BCUT2D eigenvalue weighted by atomic mass is 10.2. The number of carbonyl (C=O) groups excluding carboxylic acids is 1. The van der Waals surface area contributed by atoms with Gasteiger partial charge in [0.2, 0.25) is 5.91 Å². The Balaban J connectivity index is 2.76. The molecule has 0 aromatic carbocycles. The van der Waals surface area contributed by atoms with Crippen molar-refractivity contribution in [2.75, 3.05) is 20.3 Å². The number of thiophene rings is 1. The maximum absolute atomic E-state index is 12.2. The molecule has 0 fully saturated rings. The average molecular weight is 340 g/mol. The van der Waals surface area contributed by atoms with Crippen LogP contribution in [0.1, 0.15) is 18.7 Å². The lowest BCUT2D eigenvalue weighted by molar-refractivity contribution is -0.133.